The molecule has 0 unspecified atom stereocenters. The molecule has 0 aromatic heterocycles. The van der Waals surface area contributed by atoms with Crippen molar-refractivity contribution >= 4 is 5.91 Å². The van der Waals surface area contributed by atoms with Gasteiger partial charge < -0.3 is 5.32 Å². The van der Waals surface area contributed by atoms with Crippen molar-refractivity contribution in [2.45, 2.75) is 13.0 Å². The Bertz CT molecular complexity index is 410. The summed E-state index contributed by atoms with van der Waals surface area (Å²) in [7, 11) is 0. The van der Waals surface area contributed by atoms with Crippen molar-refractivity contribution < 1.29 is 9.18 Å². The second-order valence-electron chi connectivity index (χ2n) is 3.82. The molecular formula is C12H12FNO. The van der Waals surface area contributed by atoms with E-state index in [0.29, 0.717) is 5.57 Å². The van der Waals surface area contributed by atoms with Gasteiger partial charge in [-0.25, -0.2) is 4.39 Å². The minimum atomic E-state index is -0.269. The molecular weight excluding hydrogens is 193 g/mol. The second kappa shape index (κ2) is 3.50. The van der Waals surface area contributed by atoms with E-state index in [1.54, 1.807) is 12.1 Å². The second-order valence-corrected chi connectivity index (χ2v) is 3.82. The van der Waals surface area contributed by atoms with Crippen molar-refractivity contribution in [2.75, 3.05) is 0 Å². The van der Waals surface area contributed by atoms with Gasteiger partial charge in [-0.1, -0.05) is 25.6 Å². The lowest BCUT2D eigenvalue weighted by Gasteiger charge is -2.15. The Morgan fingerprint density at radius 2 is 1.93 bits per heavy atom. The summed E-state index contributed by atoms with van der Waals surface area (Å²) < 4.78 is 12.7. The first-order valence-corrected chi connectivity index (χ1v) is 4.84. The van der Waals surface area contributed by atoms with Crippen LogP contribution in [0.3, 0.4) is 0 Å². The maximum atomic E-state index is 12.7. The van der Waals surface area contributed by atoms with E-state index in [9.17, 15) is 9.18 Å². The lowest BCUT2D eigenvalue weighted by atomic mass is 9.93. The third kappa shape index (κ3) is 1.65. The van der Waals surface area contributed by atoms with E-state index in [-0.39, 0.29) is 23.7 Å². The zero-order valence-electron chi connectivity index (χ0n) is 8.46. The van der Waals surface area contributed by atoms with E-state index in [1.165, 1.54) is 12.1 Å². The number of nitrogens with one attached hydrogen (secondary N) is 1. The van der Waals surface area contributed by atoms with Crippen LogP contribution in [-0.4, -0.2) is 5.91 Å². The molecule has 0 aliphatic carbocycles. The molecule has 1 amide bonds. The maximum Gasteiger partial charge on any atom is 0.247 e. The van der Waals surface area contributed by atoms with E-state index in [2.05, 4.69) is 11.9 Å². The highest BCUT2D eigenvalue weighted by Gasteiger charge is 2.33. The van der Waals surface area contributed by atoms with E-state index >= 15 is 0 Å². The van der Waals surface area contributed by atoms with Crippen LogP contribution < -0.4 is 5.32 Å². The van der Waals surface area contributed by atoms with Crippen molar-refractivity contribution in [1.29, 1.82) is 0 Å². The molecule has 1 heterocycles. The molecule has 2 rings (SSSR count). The van der Waals surface area contributed by atoms with Crippen LogP contribution in [0.1, 0.15) is 18.5 Å². The first-order valence-electron chi connectivity index (χ1n) is 4.84. The lowest BCUT2D eigenvalue weighted by molar-refractivity contribution is -0.116. The standard InChI is InChI=1S/C12H12FNO/c1-7-8(2)12(15)14-11(7)9-3-5-10(13)6-4-9/h3-7,11H,2H2,1H3,(H,14,15)/t7-,11-/m1/s1. The fraction of sp³-hybridized carbons (Fsp3) is 0.250. The molecule has 2 atom stereocenters. The molecule has 1 aromatic carbocycles. The number of hydrogen-bond donors (Lipinski definition) is 1. The average molecular weight is 205 g/mol. The molecule has 1 aliphatic rings. The first kappa shape index (κ1) is 9.90. The third-order valence-electron chi connectivity index (χ3n) is 2.86. The van der Waals surface area contributed by atoms with Crippen molar-refractivity contribution in [2.24, 2.45) is 5.92 Å². The van der Waals surface area contributed by atoms with E-state index in [4.69, 9.17) is 0 Å². The van der Waals surface area contributed by atoms with Gasteiger partial charge in [0.05, 0.1) is 6.04 Å². The van der Waals surface area contributed by atoms with Crippen LogP contribution >= 0.6 is 0 Å². The van der Waals surface area contributed by atoms with Crippen LogP contribution in [0.2, 0.25) is 0 Å². The summed E-state index contributed by atoms with van der Waals surface area (Å²) in [6.45, 7) is 5.66. The molecule has 0 bridgehead atoms. The van der Waals surface area contributed by atoms with Gasteiger partial charge in [-0.2, -0.15) is 0 Å². The fourth-order valence-electron chi connectivity index (χ4n) is 1.81. The highest BCUT2D eigenvalue weighted by atomic mass is 19.1. The Labute approximate surface area is 87.8 Å². The Kier molecular flexibility index (Phi) is 2.31. The zero-order chi connectivity index (χ0) is 11.0. The van der Waals surface area contributed by atoms with Crippen LogP contribution in [0.4, 0.5) is 4.39 Å². The van der Waals surface area contributed by atoms with Crippen LogP contribution in [0.15, 0.2) is 36.4 Å². The Hall–Kier alpha value is -1.64. The van der Waals surface area contributed by atoms with Gasteiger partial charge in [-0.15, -0.1) is 0 Å². The number of rotatable bonds is 1. The van der Waals surface area contributed by atoms with Gasteiger partial charge in [0, 0.05) is 11.5 Å². The smallest absolute Gasteiger partial charge is 0.247 e. The summed E-state index contributed by atoms with van der Waals surface area (Å²) in [5.41, 5.74) is 1.50. The Morgan fingerprint density at radius 1 is 1.33 bits per heavy atom. The minimum absolute atomic E-state index is 0.0583. The summed E-state index contributed by atoms with van der Waals surface area (Å²) in [5, 5.41) is 2.83. The summed E-state index contributed by atoms with van der Waals surface area (Å²) in [6, 6.07) is 6.10. The molecule has 3 heteroatoms. The summed E-state index contributed by atoms with van der Waals surface area (Å²) in [6.07, 6.45) is 0. The summed E-state index contributed by atoms with van der Waals surface area (Å²) in [5.74, 6) is -0.325. The Morgan fingerprint density at radius 3 is 2.40 bits per heavy atom. The van der Waals surface area contributed by atoms with Crippen LogP contribution in [0.25, 0.3) is 0 Å². The largest absolute Gasteiger partial charge is 0.345 e. The molecule has 0 saturated carbocycles. The summed E-state index contributed by atoms with van der Waals surface area (Å²) >= 11 is 0. The quantitative estimate of drug-likeness (QED) is 0.699. The highest BCUT2D eigenvalue weighted by Crippen LogP contribution is 2.32. The van der Waals surface area contributed by atoms with Crippen LogP contribution in [0.5, 0.6) is 0 Å². The molecule has 0 radical (unpaired) electrons. The van der Waals surface area contributed by atoms with E-state index < -0.39 is 0 Å². The monoisotopic (exact) mass is 205 g/mol. The summed E-state index contributed by atoms with van der Waals surface area (Å²) in [4.78, 5) is 11.4. The lowest BCUT2D eigenvalue weighted by Crippen LogP contribution is -2.20. The minimum Gasteiger partial charge on any atom is -0.345 e. The van der Waals surface area contributed by atoms with Gasteiger partial charge in [0.2, 0.25) is 5.91 Å². The fourth-order valence-corrected chi connectivity index (χ4v) is 1.81. The molecule has 1 aliphatic heterocycles. The van der Waals surface area contributed by atoms with Crippen molar-refractivity contribution in [3.8, 4) is 0 Å². The number of hydrogen-bond acceptors (Lipinski definition) is 1. The molecule has 15 heavy (non-hydrogen) atoms. The third-order valence-corrected chi connectivity index (χ3v) is 2.86. The molecule has 1 saturated heterocycles. The molecule has 1 aromatic rings. The number of carbonyl (C=O) groups excluding carboxylic acids is 1. The topological polar surface area (TPSA) is 29.1 Å². The van der Waals surface area contributed by atoms with Crippen LogP contribution in [-0.2, 0) is 4.79 Å². The molecule has 1 fully saturated rings. The highest BCUT2D eigenvalue weighted by molar-refractivity contribution is 5.96. The van der Waals surface area contributed by atoms with Gasteiger partial charge in [-0.3, -0.25) is 4.79 Å². The predicted octanol–water partition coefficient (Wildman–Crippen LogP) is 2.19. The van der Waals surface area contributed by atoms with E-state index in [0.717, 1.165) is 5.56 Å². The Balaban J connectivity index is 2.29. The van der Waals surface area contributed by atoms with Gasteiger partial charge >= 0.3 is 0 Å². The maximum absolute atomic E-state index is 12.7. The average Bonchev–Trinajstić information content (AvgIpc) is 2.47. The number of amides is 1. The van der Waals surface area contributed by atoms with Crippen molar-refractivity contribution in [3.63, 3.8) is 0 Å². The van der Waals surface area contributed by atoms with E-state index in [1.807, 2.05) is 6.92 Å². The van der Waals surface area contributed by atoms with Gasteiger partial charge in [-0.05, 0) is 17.7 Å². The van der Waals surface area contributed by atoms with Crippen molar-refractivity contribution in [1.82, 2.24) is 5.32 Å². The SMILES string of the molecule is C=C1C(=O)N[C@@H](c2ccc(F)cc2)[C@@H]1C. The van der Waals surface area contributed by atoms with Gasteiger partial charge in [0.25, 0.3) is 0 Å². The molecule has 78 valence electrons. The molecule has 1 N–H and O–H groups in total. The van der Waals surface area contributed by atoms with Crippen molar-refractivity contribution in [3.05, 3.63) is 47.8 Å². The van der Waals surface area contributed by atoms with Crippen LogP contribution in [0, 0.1) is 11.7 Å². The zero-order valence-corrected chi connectivity index (χ0v) is 8.46. The molecule has 2 nitrogen and oxygen atoms in total. The first-order chi connectivity index (χ1) is 7.09. The predicted molar refractivity (Wildman–Crippen MR) is 55.6 cm³/mol. The molecule has 0 spiro atoms. The number of carbonyl (C=O) groups is 1. The number of benzene rings is 1. The van der Waals surface area contributed by atoms with Gasteiger partial charge in [0.15, 0.2) is 0 Å². The number of halogens is 1. The van der Waals surface area contributed by atoms with Gasteiger partial charge in [0.1, 0.15) is 5.82 Å². The normalized spacial score (nSPS) is 25.5.